The average molecular weight is 270 g/mol. The monoisotopic (exact) mass is 270 g/mol. The molecular formula is C13H18O4S. The first-order valence-corrected chi connectivity index (χ1v) is 6.85. The van der Waals surface area contributed by atoms with Crippen LogP contribution in [0, 0.1) is 5.92 Å². The molecule has 1 aliphatic heterocycles. The Hall–Kier alpha value is -0.590. The summed E-state index contributed by atoms with van der Waals surface area (Å²) >= 11 is 1.40. The van der Waals surface area contributed by atoms with E-state index in [0.717, 1.165) is 4.90 Å². The normalized spacial score (nSPS) is 36.6. The van der Waals surface area contributed by atoms with Crippen LogP contribution in [-0.2, 0) is 4.74 Å². The number of thioether (sulfide) groups is 1. The fourth-order valence-corrected chi connectivity index (χ4v) is 3.17. The summed E-state index contributed by atoms with van der Waals surface area (Å²) in [5.74, 6) is -0.322. The molecule has 3 N–H and O–H groups in total. The van der Waals surface area contributed by atoms with E-state index in [9.17, 15) is 15.3 Å². The number of aliphatic hydroxyl groups excluding tert-OH is 3. The minimum atomic E-state index is -0.836. The van der Waals surface area contributed by atoms with Crippen LogP contribution in [-0.4, -0.2) is 45.7 Å². The number of hydrogen-bond donors (Lipinski definition) is 3. The summed E-state index contributed by atoms with van der Waals surface area (Å²) in [5.41, 5.74) is -0.469. The van der Waals surface area contributed by atoms with Crippen LogP contribution in [0.4, 0.5) is 0 Å². The minimum absolute atomic E-state index is 0.246. The summed E-state index contributed by atoms with van der Waals surface area (Å²) < 4.78 is 5.55. The number of hydrogen-bond acceptors (Lipinski definition) is 5. The van der Waals surface area contributed by atoms with Gasteiger partial charge in [-0.15, -0.1) is 0 Å². The first-order valence-electron chi connectivity index (χ1n) is 5.97. The molecule has 18 heavy (non-hydrogen) atoms. The Kier molecular flexibility index (Phi) is 4.64. The Morgan fingerprint density at radius 1 is 1.17 bits per heavy atom. The predicted molar refractivity (Wildman–Crippen MR) is 69.2 cm³/mol. The summed E-state index contributed by atoms with van der Waals surface area (Å²) in [6.07, 6.45) is -2.23. The van der Waals surface area contributed by atoms with Gasteiger partial charge in [-0.3, -0.25) is 0 Å². The van der Waals surface area contributed by atoms with Crippen LogP contribution in [0.5, 0.6) is 0 Å². The molecule has 1 aromatic carbocycles. The largest absolute Gasteiger partial charge is 0.394 e. The Labute approximate surface area is 111 Å². The molecule has 1 heterocycles. The van der Waals surface area contributed by atoms with E-state index in [0.29, 0.717) is 0 Å². The molecule has 0 aliphatic carbocycles. The van der Waals surface area contributed by atoms with Gasteiger partial charge in [-0.25, -0.2) is 0 Å². The van der Waals surface area contributed by atoms with Crippen LogP contribution in [0.3, 0.4) is 0 Å². The standard InChI is InChI=1S/C13H18O4S/c1-8-11(15)10(7-14)17-13(12(8)16)18-9-5-3-2-4-6-9/h2-6,8,10-16H,7H2,1H3/t8?,10?,11-,12?,13?/m1/s1. The van der Waals surface area contributed by atoms with Gasteiger partial charge in [0, 0.05) is 10.8 Å². The molecule has 1 aliphatic rings. The van der Waals surface area contributed by atoms with Crippen molar-refractivity contribution in [2.24, 2.45) is 5.92 Å². The van der Waals surface area contributed by atoms with Gasteiger partial charge < -0.3 is 20.1 Å². The second-order valence-corrected chi connectivity index (χ2v) is 5.67. The fourth-order valence-electron chi connectivity index (χ4n) is 2.00. The molecule has 0 aromatic heterocycles. The number of benzene rings is 1. The topological polar surface area (TPSA) is 69.9 Å². The van der Waals surface area contributed by atoms with Crippen molar-refractivity contribution in [1.82, 2.24) is 0 Å². The Bertz CT molecular complexity index is 371. The summed E-state index contributed by atoms with van der Waals surface area (Å²) in [4.78, 5) is 0.988. The number of ether oxygens (including phenoxy) is 1. The van der Waals surface area contributed by atoms with Gasteiger partial charge in [-0.05, 0) is 12.1 Å². The molecule has 2 rings (SSSR count). The lowest BCUT2D eigenvalue weighted by atomic mass is 9.92. The molecule has 5 heteroatoms. The SMILES string of the molecule is CC1C(O)C(Sc2ccccc2)OC(CO)[C@@H]1O. The van der Waals surface area contributed by atoms with Gasteiger partial charge in [0.05, 0.1) is 18.8 Å². The highest BCUT2D eigenvalue weighted by molar-refractivity contribution is 7.99. The predicted octanol–water partition coefficient (Wildman–Crippen LogP) is 0.854. The van der Waals surface area contributed by atoms with Crippen LogP contribution >= 0.6 is 11.8 Å². The van der Waals surface area contributed by atoms with Crippen molar-refractivity contribution in [2.75, 3.05) is 6.61 Å². The van der Waals surface area contributed by atoms with Crippen molar-refractivity contribution in [2.45, 2.75) is 35.6 Å². The molecule has 1 saturated heterocycles. The molecule has 100 valence electrons. The summed E-state index contributed by atoms with van der Waals surface area (Å²) in [5, 5.41) is 29.1. The molecule has 0 spiro atoms. The van der Waals surface area contributed by atoms with Gasteiger partial charge >= 0.3 is 0 Å². The van der Waals surface area contributed by atoms with Gasteiger partial charge in [-0.1, -0.05) is 36.9 Å². The minimum Gasteiger partial charge on any atom is -0.394 e. The van der Waals surface area contributed by atoms with Crippen molar-refractivity contribution in [3.05, 3.63) is 30.3 Å². The lowest BCUT2D eigenvalue weighted by Gasteiger charge is -2.40. The van der Waals surface area contributed by atoms with E-state index < -0.39 is 23.7 Å². The maximum absolute atomic E-state index is 10.1. The van der Waals surface area contributed by atoms with Crippen molar-refractivity contribution in [3.8, 4) is 0 Å². The first kappa shape index (κ1) is 13.8. The summed E-state index contributed by atoms with van der Waals surface area (Å²) in [6.45, 7) is 1.52. The van der Waals surface area contributed by atoms with Gasteiger partial charge in [0.1, 0.15) is 11.5 Å². The zero-order valence-corrected chi connectivity index (χ0v) is 11.0. The highest BCUT2D eigenvalue weighted by atomic mass is 32.2. The van der Waals surface area contributed by atoms with E-state index in [2.05, 4.69) is 0 Å². The molecule has 0 bridgehead atoms. The second kappa shape index (κ2) is 6.04. The quantitative estimate of drug-likeness (QED) is 0.760. The maximum Gasteiger partial charge on any atom is 0.134 e. The van der Waals surface area contributed by atoms with Crippen molar-refractivity contribution in [1.29, 1.82) is 0 Å². The Balaban J connectivity index is 2.08. The van der Waals surface area contributed by atoms with E-state index in [1.54, 1.807) is 6.92 Å². The zero-order chi connectivity index (χ0) is 13.1. The lowest BCUT2D eigenvalue weighted by Crippen LogP contribution is -2.53. The number of aliphatic hydroxyl groups is 3. The van der Waals surface area contributed by atoms with Crippen LogP contribution < -0.4 is 0 Å². The molecule has 0 amide bonds. The van der Waals surface area contributed by atoms with Gasteiger partial charge in [-0.2, -0.15) is 0 Å². The third-order valence-electron chi connectivity index (χ3n) is 3.22. The third kappa shape index (κ3) is 2.87. The third-order valence-corrected chi connectivity index (χ3v) is 4.39. The van der Waals surface area contributed by atoms with Crippen LogP contribution in [0.25, 0.3) is 0 Å². The fraction of sp³-hybridized carbons (Fsp3) is 0.538. The lowest BCUT2D eigenvalue weighted by molar-refractivity contribution is -0.177. The van der Waals surface area contributed by atoms with Crippen LogP contribution in [0.15, 0.2) is 35.2 Å². The Morgan fingerprint density at radius 2 is 1.83 bits per heavy atom. The Morgan fingerprint density at radius 3 is 2.44 bits per heavy atom. The second-order valence-electron chi connectivity index (χ2n) is 4.50. The molecule has 0 saturated carbocycles. The van der Waals surface area contributed by atoms with E-state index in [-0.39, 0.29) is 12.5 Å². The van der Waals surface area contributed by atoms with E-state index in [1.165, 1.54) is 11.8 Å². The highest BCUT2D eigenvalue weighted by Gasteiger charge is 2.42. The zero-order valence-electron chi connectivity index (χ0n) is 10.1. The van der Waals surface area contributed by atoms with Crippen LogP contribution in [0.2, 0.25) is 0 Å². The van der Waals surface area contributed by atoms with E-state index >= 15 is 0 Å². The van der Waals surface area contributed by atoms with Crippen LogP contribution in [0.1, 0.15) is 6.92 Å². The van der Waals surface area contributed by atoms with E-state index in [4.69, 9.17) is 4.74 Å². The average Bonchev–Trinajstić information content (AvgIpc) is 2.40. The molecular weight excluding hydrogens is 252 g/mol. The molecule has 5 atom stereocenters. The van der Waals surface area contributed by atoms with Crippen molar-refractivity contribution >= 4 is 11.8 Å². The molecule has 1 fully saturated rings. The summed E-state index contributed by atoms with van der Waals surface area (Å²) in [6, 6.07) is 9.62. The van der Waals surface area contributed by atoms with E-state index in [1.807, 2.05) is 30.3 Å². The highest BCUT2D eigenvalue weighted by Crippen LogP contribution is 2.35. The smallest absolute Gasteiger partial charge is 0.134 e. The first-order chi connectivity index (χ1) is 8.63. The molecule has 4 nitrogen and oxygen atoms in total. The molecule has 0 radical (unpaired) electrons. The van der Waals surface area contributed by atoms with Gasteiger partial charge in [0.15, 0.2) is 0 Å². The van der Waals surface area contributed by atoms with Gasteiger partial charge in [0.25, 0.3) is 0 Å². The maximum atomic E-state index is 10.1. The molecule has 4 unspecified atom stereocenters. The van der Waals surface area contributed by atoms with Gasteiger partial charge in [0.2, 0.25) is 0 Å². The van der Waals surface area contributed by atoms with Crippen molar-refractivity contribution in [3.63, 3.8) is 0 Å². The number of rotatable bonds is 3. The summed E-state index contributed by atoms with van der Waals surface area (Å²) in [7, 11) is 0. The molecule has 1 aromatic rings. The van der Waals surface area contributed by atoms with Crippen molar-refractivity contribution < 1.29 is 20.1 Å².